The van der Waals surface area contributed by atoms with E-state index in [0.717, 1.165) is 30.3 Å². The van der Waals surface area contributed by atoms with Crippen LogP contribution in [0, 0.1) is 87.0 Å². The number of methoxy groups -OCH3 is 1. The molecule has 6 aromatic carbocycles. The van der Waals surface area contributed by atoms with Gasteiger partial charge in [-0.05, 0) is 201 Å². The number of halogens is 16. The van der Waals surface area contributed by atoms with E-state index in [0.29, 0.717) is 5.69 Å². The van der Waals surface area contributed by atoms with Crippen LogP contribution >= 0.6 is 79.6 Å². The molecular weight excluding hydrogens is 1760 g/mol. The van der Waals surface area contributed by atoms with Crippen molar-refractivity contribution in [3.63, 3.8) is 0 Å². The molecule has 9 N–H and O–H groups in total. The zero-order valence-corrected chi connectivity index (χ0v) is 61.9. The van der Waals surface area contributed by atoms with E-state index < -0.39 is 161 Å². The molecule has 0 saturated carbocycles. The van der Waals surface area contributed by atoms with E-state index in [-0.39, 0.29) is 68.5 Å². The van der Waals surface area contributed by atoms with Gasteiger partial charge < -0.3 is 46.9 Å². The van der Waals surface area contributed by atoms with Gasteiger partial charge in [-0.15, -0.1) is 0 Å². The molecule has 1 aliphatic rings. The second-order valence-electron chi connectivity index (χ2n) is 19.9. The maximum atomic E-state index is 13.6. The fourth-order valence-corrected chi connectivity index (χ4v) is 8.63. The Morgan fingerprint density at radius 3 is 1.33 bits per heavy atom. The lowest BCUT2D eigenvalue weighted by atomic mass is 10.1. The molecule has 8 rings (SSSR count). The number of rotatable bonds is 14. The Hall–Kier alpha value is -9.33. The van der Waals surface area contributed by atoms with Gasteiger partial charge in [-0.1, -0.05) is 6.07 Å². The van der Waals surface area contributed by atoms with Crippen LogP contribution in [-0.4, -0.2) is 120 Å². The van der Waals surface area contributed by atoms with Crippen molar-refractivity contribution in [3.05, 3.63) is 204 Å². The van der Waals surface area contributed by atoms with Crippen molar-refractivity contribution >= 4 is 160 Å². The number of aliphatic hydroxyl groups excluding tert-OH is 2. The van der Waals surface area contributed by atoms with Gasteiger partial charge in [0.2, 0.25) is 40.8 Å². The van der Waals surface area contributed by atoms with E-state index in [1.54, 1.807) is 19.9 Å². The van der Waals surface area contributed by atoms with Crippen LogP contribution in [0.3, 0.4) is 0 Å². The summed E-state index contributed by atoms with van der Waals surface area (Å²) in [6, 6.07) is 13.1. The second kappa shape index (κ2) is 45.7. The van der Waals surface area contributed by atoms with Crippen LogP contribution in [0.1, 0.15) is 60.3 Å². The second-order valence-corrected chi connectivity index (χ2v) is 24.2. The lowest BCUT2D eigenvalue weighted by Crippen LogP contribution is -2.44. The summed E-state index contributed by atoms with van der Waals surface area (Å²) in [7, 11) is 1.23. The summed E-state index contributed by atoms with van der Waals surface area (Å²) in [4.78, 5) is 110. The van der Waals surface area contributed by atoms with Gasteiger partial charge in [-0.2, -0.15) is 45.5 Å². The molecule has 9 unspecified atom stereocenters. The number of anilines is 4. The van der Waals surface area contributed by atoms with E-state index in [9.17, 15) is 108 Å². The third-order valence-corrected chi connectivity index (χ3v) is 15.6. The number of carbonyl (C=O) groups excluding carboxylic acids is 6. The topological polar surface area (TPSA) is 445 Å². The Bertz CT molecular complexity index is 4190. The van der Waals surface area contributed by atoms with Gasteiger partial charge >= 0.3 is 41.0 Å². The zero-order chi connectivity index (χ0) is 80.7. The number of hydrogen-bond acceptors (Lipinski definition) is 23. The molecule has 104 heavy (non-hydrogen) atoms. The third-order valence-electron chi connectivity index (χ3n) is 12.6. The van der Waals surface area contributed by atoms with Crippen molar-refractivity contribution in [2.45, 2.75) is 103 Å². The molecule has 0 fully saturated rings. The minimum absolute atomic E-state index is 0.00398. The molecule has 0 radical (unpaired) electrons. The maximum Gasteiger partial charge on any atom is 0.373 e. The SMILES string of the molecule is CC(F)C(C)Nc1ccc(Br)c(F)c1[N+](=O)[O-].CC(F)C1Nc2ccc(Br)c(F)c2NC1=O.CC(F)c1nc2ccc(Br)c(F)c2[nH]c1=O.CC(O)C(C)Nc1ccc(Br)c(F)c1[N+](=O)[O-].COC(=O)C(N)C(C)O.O=C=O.O=C=O.O=[N+]([O-])c1c(F)ccc(Br)c1F.O=[N+]([O-])c1c(F)cccc1F. The molecule has 9 atom stereocenters. The van der Waals surface area contributed by atoms with E-state index in [4.69, 9.17) is 30.0 Å². The molecular formula is C59H55Br5F11N11O18. The van der Waals surface area contributed by atoms with E-state index >= 15 is 0 Å². The molecule has 7 aromatic rings. The van der Waals surface area contributed by atoms with Gasteiger partial charge in [0.1, 0.15) is 58.9 Å². The van der Waals surface area contributed by atoms with Gasteiger partial charge in [-0.25, -0.2) is 26.9 Å². The van der Waals surface area contributed by atoms with E-state index in [2.05, 4.69) is 116 Å². The smallest absolute Gasteiger partial charge is 0.373 e. The Morgan fingerprint density at radius 1 is 0.577 bits per heavy atom. The monoisotopic (exact) mass is 1810 g/mol. The zero-order valence-electron chi connectivity index (χ0n) is 54.0. The normalized spacial score (nSPS) is 13.6. The number of carbonyl (C=O) groups is 2. The highest BCUT2D eigenvalue weighted by atomic mass is 79.9. The molecule has 1 aliphatic heterocycles. The van der Waals surface area contributed by atoms with Crippen LogP contribution < -0.4 is 32.6 Å². The summed E-state index contributed by atoms with van der Waals surface area (Å²) in [5, 5.41) is 69.9. The number of benzene rings is 6. The quantitative estimate of drug-likeness (QED) is 0.0165. The van der Waals surface area contributed by atoms with Crippen molar-refractivity contribution in [1.29, 1.82) is 0 Å². The minimum atomic E-state index is -1.49. The number of nitrogens with zero attached hydrogens (tertiary/aromatic N) is 5. The van der Waals surface area contributed by atoms with Gasteiger partial charge in [0.15, 0.2) is 11.6 Å². The summed E-state index contributed by atoms with van der Waals surface area (Å²) in [5.41, 5.74) is 1.28. The first-order valence-electron chi connectivity index (χ1n) is 28.0. The maximum absolute atomic E-state index is 13.6. The number of amides is 1. The number of nitrogens with two attached hydrogens (primary N) is 1. The number of aromatic amines is 1. The molecule has 29 nitrogen and oxygen atoms in total. The molecule has 2 heterocycles. The number of nitro groups is 4. The van der Waals surface area contributed by atoms with Crippen LogP contribution in [0.15, 0.2) is 106 Å². The van der Waals surface area contributed by atoms with Crippen molar-refractivity contribution in [1.82, 2.24) is 9.97 Å². The number of ether oxygens (including phenoxy) is 1. The average Bonchev–Trinajstić information content (AvgIpc) is 0.782. The number of fused-ring (bicyclic) bond motifs is 2. The summed E-state index contributed by atoms with van der Waals surface area (Å²) in [5.74, 6) is -8.94. The number of aromatic nitrogens is 2. The van der Waals surface area contributed by atoms with Crippen LogP contribution in [0.2, 0.25) is 0 Å². The van der Waals surface area contributed by atoms with Gasteiger partial charge in [-0.3, -0.25) is 54.8 Å². The fourth-order valence-electron chi connectivity index (χ4n) is 7.01. The number of nitro benzene ring substituents is 4. The minimum Gasteiger partial charge on any atom is -0.468 e. The fraction of sp³-hybridized carbons (Fsp3) is 0.288. The number of aliphatic hydroxyl groups is 2. The van der Waals surface area contributed by atoms with Crippen LogP contribution in [0.5, 0.6) is 0 Å². The number of H-pyrrole nitrogens is 1. The van der Waals surface area contributed by atoms with E-state index in [1.807, 2.05) is 0 Å². The lowest BCUT2D eigenvalue weighted by molar-refractivity contribution is -0.390. The molecule has 1 aromatic heterocycles. The number of esters is 1. The number of alkyl halides is 3. The molecule has 45 heteroatoms. The molecule has 0 saturated heterocycles. The van der Waals surface area contributed by atoms with Crippen molar-refractivity contribution in [2.24, 2.45) is 5.73 Å². The molecule has 566 valence electrons. The largest absolute Gasteiger partial charge is 0.468 e. The van der Waals surface area contributed by atoms with Crippen LogP contribution in [0.25, 0.3) is 11.0 Å². The highest BCUT2D eigenvalue weighted by Gasteiger charge is 2.33. The van der Waals surface area contributed by atoms with Crippen molar-refractivity contribution in [3.8, 4) is 0 Å². The Labute approximate surface area is 620 Å². The highest BCUT2D eigenvalue weighted by Crippen LogP contribution is 2.37. The van der Waals surface area contributed by atoms with Crippen molar-refractivity contribution in [2.75, 3.05) is 28.4 Å². The first-order chi connectivity index (χ1) is 48.3. The molecule has 0 aliphatic carbocycles. The number of nitrogens with one attached hydrogen (secondary N) is 5. The van der Waals surface area contributed by atoms with Crippen molar-refractivity contribution < 1.29 is 112 Å². The highest BCUT2D eigenvalue weighted by molar-refractivity contribution is 9.11. The Kier molecular flexibility index (Phi) is 41.6. The third kappa shape index (κ3) is 29.1. The summed E-state index contributed by atoms with van der Waals surface area (Å²) < 4.78 is 148. The Morgan fingerprint density at radius 2 is 0.962 bits per heavy atom. The van der Waals surface area contributed by atoms with Crippen LogP contribution in [0.4, 0.5) is 93.8 Å². The molecule has 1 amide bonds. The van der Waals surface area contributed by atoms with Gasteiger partial charge in [0.05, 0.1) is 78.6 Å². The standard InChI is InChI=1S/C10H11BrF2N2O2.C10H9BrF2N2O.C10H7BrF2N2O.C10H12BrFN2O3.C6H2BrF2NO2.C6H3F2NO2.C5H11NO3.2CO2/c1-5(12)6(2)14-8-4-3-7(11)9(13)10(8)15(16)17;2*1-4(12)8-10(16)15-9-6(14-8)3-2-5(11)7(9)13;1-5(6(2)15)13-8-4-3-7(11)9(12)10(8)14(16)17;7-3-1-2-4(8)6(5(3)9)10(11)12;7-4-2-1-3-5(8)6(4)9(10)11;1-3(7)4(6)5(8)9-2;2*2-1-3/h3-6,14H,1-2H3;2-4,8,14H,1H3,(H,15,16);2-4H,1H3,(H,15,16);3-6,13,15H,1-2H3;1-2H;1-3H;3-4,7H,6H2,1-2H3;;. The molecule has 0 spiro atoms. The summed E-state index contributed by atoms with van der Waals surface area (Å²) in [6.45, 7) is 9.94. The summed E-state index contributed by atoms with van der Waals surface area (Å²) in [6.07, 6.45) is -5.10. The Balaban J connectivity index is 0.00000118. The molecule has 0 bridgehead atoms. The number of hydrogen-bond donors (Lipinski definition) is 8. The first-order valence-corrected chi connectivity index (χ1v) is 31.9. The van der Waals surface area contributed by atoms with Crippen LogP contribution in [-0.2, 0) is 33.5 Å². The summed E-state index contributed by atoms with van der Waals surface area (Å²) >= 11 is 14.5. The predicted molar refractivity (Wildman–Crippen MR) is 366 cm³/mol. The number of para-hydroxylation sites is 1. The van der Waals surface area contributed by atoms with Gasteiger partial charge in [0.25, 0.3) is 5.56 Å². The van der Waals surface area contributed by atoms with Gasteiger partial charge in [0, 0.05) is 6.04 Å². The lowest BCUT2D eigenvalue weighted by Gasteiger charge is -2.28. The van der Waals surface area contributed by atoms with E-state index in [1.165, 1.54) is 84.2 Å². The average molecular weight is 1810 g/mol. The first kappa shape index (κ1) is 94.7. The predicted octanol–water partition coefficient (Wildman–Crippen LogP) is 14.1.